The van der Waals surface area contributed by atoms with Crippen LogP contribution in [0, 0.1) is 0 Å². The highest BCUT2D eigenvalue weighted by Crippen LogP contribution is 2.25. The number of sulfonamides is 1. The number of carbonyl (C=O) groups excluding carboxylic acids is 1. The number of carbonyl (C=O) groups is 1. The summed E-state index contributed by atoms with van der Waals surface area (Å²) in [5, 5.41) is 0. The van der Waals surface area contributed by atoms with Gasteiger partial charge in [-0.25, -0.2) is 13.2 Å². The third-order valence-electron chi connectivity index (χ3n) is 4.75. The van der Waals surface area contributed by atoms with Gasteiger partial charge in [-0.3, -0.25) is 19.1 Å². The number of rotatable bonds is 8. The fourth-order valence-electron chi connectivity index (χ4n) is 3.25. The molecule has 2 heterocycles. The van der Waals surface area contributed by atoms with Gasteiger partial charge in [-0.15, -0.1) is 0 Å². The van der Waals surface area contributed by atoms with E-state index in [1.54, 1.807) is 14.1 Å². The van der Waals surface area contributed by atoms with E-state index >= 15 is 0 Å². The molecule has 10 heteroatoms. The first-order chi connectivity index (χ1) is 12.7. The summed E-state index contributed by atoms with van der Waals surface area (Å²) in [4.78, 5) is 39.5. The number of aryl methyl sites for hydroxylation is 1. The van der Waals surface area contributed by atoms with Crippen LogP contribution in [0.2, 0.25) is 0 Å². The molecule has 0 aliphatic carbocycles. The molecule has 2 rings (SSSR count). The molecule has 27 heavy (non-hydrogen) atoms. The summed E-state index contributed by atoms with van der Waals surface area (Å²) in [5.41, 5.74) is -1.58. The van der Waals surface area contributed by atoms with Crippen molar-refractivity contribution in [3.05, 3.63) is 27.0 Å². The molecule has 0 unspecified atom stereocenters. The van der Waals surface area contributed by atoms with Gasteiger partial charge in [0.25, 0.3) is 15.6 Å². The van der Waals surface area contributed by atoms with E-state index in [9.17, 15) is 22.8 Å². The van der Waals surface area contributed by atoms with Crippen LogP contribution < -0.4 is 11.2 Å². The van der Waals surface area contributed by atoms with E-state index in [0.29, 0.717) is 25.8 Å². The second-order valence-electron chi connectivity index (χ2n) is 7.01. The Hall–Kier alpha value is -1.94. The van der Waals surface area contributed by atoms with Gasteiger partial charge in [0.2, 0.25) is 5.91 Å². The molecule has 1 aliphatic heterocycles. The number of nitrogens with one attached hydrogen (secondary N) is 1. The van der Waals surface area contributed by atoms with Crippen molar-refractivity contribution in [2.75, 3.05) is 20.6 Å². The molecule has 0 bridgehead atoms. The van der Waals surface area contributed by atoms with Crippen molar-refractivity contribution in [1.29, 1.82) is 0 Å². The summed E-state index contributed by atoms with van der Waals surface area (Å²) < 4.78 is 28.4. The average molecular weight is 401 g/mol. The zero-order valence-electron chi connectivity index (χ0n) is 16.1. The quantitative estimate of drug-likeness (QED) is 0.633. The Morgan fingerprint density at radius 1 is 1.26 bits per heavy atom. The minimum Gasteiger partial charge on any atom is -0.347 e. The lowest BCUT2D eigenvalue weighted by Crippen LogP contribution is -2.47. The SMILES string of the molecule is CCCCCCn1cc(S(=O)(=O)N2CCC[C@H]2C(=O)N(C)C)c(=O)[nH]c1=O. The molecular weight excluding hydrogens is 372 g/mol. The van der Waals surface area contributed by atoms with Crippen LogP contribution in [-0.4, -0.2) is 59.8 Å². The number of unbranched alkanes of at least 4 members (excludes halogenated alkanes) is 3. The number of nitrogens with zero attached hydrogens (tertiary/aromatic N) is 3. The van der Waals surface area contributed by atoms with E-state index in [4.69, 9.17) is 0 Å². The number of aromatic amines is 1. The number of amides is 1. The molecule has 152 valence electrons. The van der Waals surface area contributed by atoms with E-state index in [1.165, 1.54) is 9.47 Å². The maximum Gasteiger partial charge on any atom is 0.328 e. The highest BCUT2D eigenvalue weighted by Gasteiger charge is 2.41. The van der Waals surface area contributed by atoms with Crippen molar-refractivity contribution in [2.45, 2.75) is 62.9 Å². The molecular formula is C17H28N4O5S. The molecule has 1 aliphatic rings. The van der Waals surface area contributed by atoms with Crippen LogP contribution >= 0.6 is 0 Å². The zero-order valence-corrected chi connectivity index (χ0v) is 16.9. The molecule has 0 radical (unpaired) electrons. The minimum absolute atomic E-state index is 0.168. The third kappa shape index (κ3) is 4.67. The van der Waals surface area contributed by atoms with Crippen molar-refractivity contribution in [3.8, 4) is 0 Å². The van der Waals surface area contributed by atoms with Gasteiger partial charge in [-0.05, 0) is 19.3 Å². The number of hydrogen-bond donors (Lipinski definition) is 1. The van der Waals surface area contributed by atoms with Crippen LogP contribution in [0.4, 0.5) is 0 Å². The molecule has 0 aromatic carbocycles. The first-order valence-corrected chi connectivity index (χ1v) is 10.7. The Balaban J connectivity index is 2.36. The molecule has 1 aromatic rings. The van der Waals surface area contributed by atoms with Gasteiger partial charge in [-0.1, -0.05) is 26.2 Å². The predicted molar refractivity (Wildman–Crippen MR) is 101 cm³/mol. The van der Waals surface area contributed by atoms with E-state index < -0.39 is 32.2 Å². The Morgan fingerprint density at radius 3 is 2.59 bits per heavy atom. The zero-order chi connectivity index (χ0) is 20.2. The first-order valence-electron chi connectivity index (χ1n) is 9.27. The van der Waals surface area contributed by atoms with Gasteiger partial charge in [-0.2, -0.15) is 4.31 Å². The number of likely N-dealkylation sites (N-methyl/N-ethyl adjacent to an activating group) is 1. The lowest BCUT2D eigenvalue weighted by atomic mass is 10.2. The van der Waals surface area contributed by atoms with Crippen LogP contribution in [0.15, 0.2) is 20.7 Å². The van der Waals surface area contributed by atoms with Crippen molar-refractivity contribution in [3.63, 3.8) is 0 Å². The van der Waals surface area contributed by atoms with Crippen molar-refractivity contribution < 1.29 is 13.2 Å². The summed E-state index contributed by atoms with van der Waals surface area (Å²) in [6, 6.07) is -0.825. The fraction of sp³-hybridized carbons (Fsp3) is 0.706. The van der Waals surface area contributed by atoms with E-state index in [-0.39, 0.29) is 12.5 Å². The van der Waals surface area contributed by atoms with Crippen molar-refractivity contribution in [1.82, 2.24) is 18.8 Å². The van der Waals surface area contributed by atoms with E-state index in [2.05, 4.69) is 11.9 Å². The summed E-state index contributed by atoms with van der Waals surface area (Å²) in [6.45, 7) is 2.57. The lowest BCUT2D eigenvalue weighted by Gasteiger charge is -2.25. The maximum atomic E-state index is 13.1. The first kappa shape index (κ1) is 21.4. The predicted octanol–water partition coefficient (Wildman–Crippen LogP) is 0.358. The van der Waals surface area contributed by atoms with Gasteiger partial charge < -0.3 is 4.90 Å². The monoisotopic (exact) mass is 400 g/mol. The van der Waals surface area contributed by atoms with Gasteiger partial charge in [0.15, 0.2) is 4.90 Å². The molecule has 1 N–H and O–H groups in total. The Morgan fingerprint density at radius 2 is 1.96 bits per heavy atom. The Kier molecular flexibility index (Phi) is 6.99. The largest absolute Gasteiger partial charge is 0.347 e. The van der Waals surface area contributed by atoms with Crippen LogP contribution in [0.5, 0.6) is 0 Å². The number of hydrogen-bond acceptors (Lipinski definition) is 5. The standard InChI is InChI=1S/C17H28N4O5S/c1-4-5-6-7-10-20-12-14(15(22)18-17(20)24)27(25,26)21-11-8-9-13(21)16(23)19(2)3/h12-13H,4-11H2,1-3H3,(H,18,22,24)/t13-/m0/s1. The maximum absolute atomic E-state index is 13.1. The minimum atomic E-state index is -4.19. The molecule has 1 saturated heterocycles. The summed E-state index contributed by atoms with van der Waals surface area (Å²) in [7, 11) is -1.06. The second kappa shape index (κ2) is 8.83. The van der Waals surface area contributed by atoms with E-state index in [1.807, 2.05) is 0 Å². The smallest absolute Gasteiger partial charge is 0.328 e. The van der Waals surface area contributed by atoms with Crippen LogP contribution in [0.3, 0.4) is 0 Å². The summed E-state index contributed by atoms with van der Waals surface area (Å²) in [5.74, 6) is -0.319. The molecule has 1 fully saturated rings. The number of H-pyrrole nitrogens is 1. The van der Waals surface area contributed by atoms with Crippen molar-refractivity contribution in [2.24, 2.45) is 0 Å². The fourth-order valence-corrected chi connectivity index (χ4v) is 4.95. The molecule has 1 atom stereocenters. The molecule has 1 aromatic heterocycles. The third-order valence-corrected chi connectivity index (χ3v) is 6.65. The van der Waals surface area contributed by atoms with Crippen LogP contribution in [0.25, 0.3) is 0 Å². The van der Waals surface area contributed by atoms with Gasteiger partial charge >= 0.3 is 5.69 Å². The molecule has 0 saturated carbocycles. The molecule has 0 spiro atoms. The van der Waals surface area contributed by atoms with Gasteiger partial charge in [0.05, 0.1) is 0 Å². The second-order valence-corrected chi connectivity index (χ2v) is 8.87. The highest BCUT2D eigenvalue weighted by atomic mass is 32.2. The van der Waals surface area contributed by atoms with Crippen molar-refractivity contribution >= 4 is 15.9 Å². The molecule has 9 nitrogen and oxygen atoms in total. The normalized spacial score (nSPS) is 18.0. The average Bonchev–Trinajstić information content (AvgIpc) is 3.09. The van der Waals surface area contributed by atoms with Crippen LogP contribution in [-0.2, 0) is 21.4 Å². The molecule has 1 amide bonds. The van der Waals surface area contributed by atoms with Gasteiger partial charge in [0, 0.05) is 33.4 Å². The van der Waals surface area contributed by atoms with E-state index in [0.717, 1.165) is 29.8 Å². The van der Waals surface area contributed by atoms with Gasteiger partial charge in [0.1, 0.15) is 6.04 Å². The van der Waals surface area contributed by atoms with Crippen LogP contribution in [0.1, 0.15) is 45.4 Å². The summed E-state index contributed by atoms with van der Waals surface area (Å²) >= 11 is 0. The Bertz CT molecular complexity index is 887. The lowest BCUT2D eigenvalue weighted by molar-refractivity contribution is -0.132. The summed E-state index contributed by atoms with van der Waals surface area (Å²) in [6.07, 6.45) is 5.74. The topological polar surface area (TPSA) is 113 Å². The highest BCUT2D eigenvalue weighted by molar-refractivity contribution is 7.89. The Labute approximate surface area is 159 Å². The number of aromatic nitrogens is 2.